The summed E-state index contributed by atoms with van der Waals surface area (Å²) < 4.78 is 25.5. The first kappa shape index (κ1) is 21.5. The van der Waals surface area contributed by atoms with Crippen LogP contribution in [-0.4, -0.2) is 33.2 Å². The Hall–Kier alpha value is -1.76. The third-order valence-corrected chi connectivity index (χ3v) is 5.88. The van der Waals surface area contributed by atoms with Crippen molar-refractivity contribution in [2.45, 2.75) is 25.8 Å². The van der Waals surface area contributed by atoms with Gasteiger partial charge in [-0.05, 0) is 49.6 Å². The molecule has 1 unspecified atom stereocenters. The number of sulfonamides is 1. The lowest BCUT2D eigenvalue weighted by Crippen LogP contribution is -2.48. The lowest BCUT2D eigenvalue weighted by molar-refractivity contribution is -0.121. The van der Waals surface area contributed by atoms with Gasteiger partial charge in [0, 0.05) is 16.6 Å². The number of carbonyl (C=O) groups is 1. The zero-order chi connectivity index (χ0) is 20.0. The molecule has 0 radical (unpaired) electrons. The number of amides is 1. The summed E-state index contributed by atoms with van der Waals surface area (Å²) in [5.74, 6) is -0.375. The molecule has 0 aliphatic carbocycles. The summed E-state index contributed by atoms with van der Waals surface area (Å²) in [5.41, 5.74) is 1.36. The standard InChI is InChI=1S/C19H22Cl2N2O3S/c1-14(23(27(2,25)26)17-10-5-9-16(20)13-17)19(24)22-12-6-8-15-7-3-4-11-18(15)21/h3-5,7,9-11,13-14H,6,8,12H2,1-2H3,(H,22,24). The highest BCUT2D eigenvalue weighted by molar-refractivity contribution is 7.92. The average molecular weight is 429 g/mol. The fourth-order valence-electron chi connectivity index (χ4n) is 2.76. The van der Waals surface area contributed by atoms with Gasteiger partial charge in [-0.3, -0.25) is 9.10 Å². The molecule has 0 aliphatic rings. The maximum atomic E-state index is 12.5. The van der Waals surface area contributed by atoms with E-state index < -0.39 is 16.1 Å². The second-order valence-corrected chi connectivity index (χ2v) is 8.90. The Morgan fingerprint density at radius 2 is 1.85 bits per heavy atom. The van der Waals surface area contributed by atoms with Gasteiger partial charge in [-0.2, -0.15) is 0 Å². The van der Waals surface area contributed by atoms with E-state index in [4.69, 9.17) is 23.2 Å². The number of benzene rings is 2. The molecular weight excluding hydrogens is 407 g/mol. The lowest BCUT2D eigenvalue weighted by Gasteiger charge is -2.28. The number of halogens is 2. The van der Waals surface area contributed by atoms with Crippen molar-refractivity contribution in [1.29, 1.82) is 0 Å². The molecule has 2 rings (SSSR count). The minimum Gasteiger partial charge on any atom is -0.354 e. The molecule has 8 heteroatoms. The monoisotopic (exact) mass is 428 g/mol. The van der Waals surface area contributed by atoms with E-state index in [2.05, 4.69) is 5.32 Å². The fourth-order valence-corrected chi connectivity index (χ4v) is 4.34. The quantitative estimate of drug-likeness (QED) is 0.648. The second-order valence-electron chi connectivity index (χ2n) is 6.20. The Morgan fingerprint density at radius 3 is 2.48 bits per heavy atom. The van der Waals surface area contributed by atoms with E-state index in [-0.39, 0.29) is 5.91 Å². The topological polar surface area (TPSA) is 66.5 Å². The van der Waals surface area contributed by atoms with Crippen LogP contribution in [0.3, 0.4) is 0 Å². The molecule has 0 bridgehead atoms. The van der Waals surface area contributed by atoms with Gasteiger partial charge in [0.15, 0.2) is 0 Å². The molecule has 146 valence electrons. The molecule has 0 fully saturated rings. The van der Waals surface area contributed by atoms with Crippen molar-refractivity contribution < 1.29 is 13.2 Å². The Morgan fingerprint density at radius 1 is 1.15 bits per heavy atom. The summed E-state index contributed by atoms with van der Waals surface area (Å²) in [6, 6.07) is 13.1. The van der Waals surface area contributed by atoms with E-state index in [0.717, 1.165) is 22.5 Å². The smallest absolute Gasteiger partial charge is 0.243 e. The molecule has 0 saturated carbocycles. The van der Waals surface area contributed by atoms with Crippen LogP contribution >= 0.6 is 23.2 Å². The van der Waals surface area contributed by atoms with Crippen molar-refractivity contribution in [1.82, 2.24) is 5.32 Å². The maximum absolute atomic E-state index is 12.5. The minimum atomic E-state index is -3.66. The molecule has 0 heterocycles. The molecule has 2 aromatic carbocycles. The van der Waals surface area contributed by atoms with Crippen molar-refractivity contribution in [2.75, 3.05) is 17.1 Å². The summed E-state index contributed by atoms with van der Waals surface area (Å²) in [6.45, 7) is 1.97. The van der Waals surface area contributed by atoms with Crippen LogP contribution in [0.4, 0.5) is 5.69 Å². The molecule has 27 heavy (non-hydrogen) atoms. The highest BCUT2D eigenvalue weighted by atomic mass is 35.5. The van der Waals surface area contributed by atoms with E-state index in [1.165, 1.54) is 6.07 Å². The number of nitrogens with one attached hydrogen (secondary N) is 1. The fraction of sp³-hybridized carbons (Fsp3) is 0.316. The first-order chi connectivity index (χ1) is 12.7. The first-order valence-electron chi connectivity index (χ1n) is 8.46. The van der Waals surface area contributed by atoms with E-state index in [1.54, 1.807) is 25.1 Å². The second kappa shape index (κ2) is 9.44. The minimum absolute atomic E-state index is 0.351. The van der Waals surface area contributed by atoms with Crippen LogP contribution in [0.25, 0.3) is 0 Å². The molecule has 1 N–H and O–H groups in total. The zero-order valence-electron chi connectivity index (χ0n) is 15.2. The maximum Gasteiger partial charge on any atom is 0.243 e. The van der Waals surface area contributed by atoms with Gasteiger partial charge >= 0.3 is 0 Å². The summed E-state index contributed by atoms with van der Waals surface area (Å²) in [7, 11) is -3.66. The number of aryl methyl sites for hydroxylation is 1. The van der Waals surface area contributed by atoms with Crippen molar-refractivity contribution in [2.24, 2.45) is 0 Å². The molecule has 0 spiro atoms. The van der Waals surface area contributed by atoms with Gasteiger partial charge in [-0.25, -0.2) is 8.42 Å². The Labute approximate surface area is 170 Å². The van der Waals surface area contributed by atoms with E-state index in [1.807, 2.05) is 24.3 Å². The van der Waals surface area contributed by atoms with Gasteiger partial charge in [0.1, 0.15) is 6.04 Å². The van der Waals surface area contributed by atoms with Gasteiger partial charge in [-0.15, -0.1) is 0 Å². The summed E-state index contributed by atoms with van der Waals surface area (Å²) in [5, 5.41) is 3.88. The van der Waals surface area contributed by atoms with E-state index in [9.17, 15) is 13.2 Å². The van der Waals surface area contributed by atoms with Gasteiger partial charge in [-0.1, -0.05) is 47.5 Å². The first-order valence-corrected chi connectivity index (χ1v) is 11.1. The third-order valence-electron chi connectivity index (χ3n) is 4.03. The van der Waals surface area contributed by atoms with Gasteiger partial charge in [0.05, 0.1) is 11.9 Å². The molecular formula is C19H22Cl2N2O3S. The van der Waals surface area contributed by atoms with Gasteiger partial charge in [0.2, 0.25) is 15.9 Å². The number of rotatable bonds is 8. The van der Waals surface area contributed by atoms with Crippen LogP contribution in [0.1, 0.15) is 18.9 Å². The SMILES string of the molecule is CC(C(=O)NCCCc1ccccc1Cl)N(c1cccc(Cl)c1)S(C)(=O)=O. The summed E-state index contributed by atoms with van der Waals surface area (Å²) in [6.07, 6.45) is 2.48. The van der Waals surface area contributed by atoms with E-state index in [0.29, 0.717) is 28.7 Å². The van der Waals surface area contributed by atoms with E-state index >= 15 is 0 Å². The molecule has 0 saturated heterocycles. The number of carbonyl (C=O) groups excluding carboxylic acids is 1. The van der Waals surface area contributed by atoms with Crippen molar-refractivity contribution >= 4 is 44.8 Å². The zero-order valence-corrected chi connectivity index (χ0v) is 17.5. The Bertz CT molecular complexity index is 903. The van der Waals surface area contributed by atoms with Crippen LogP contribution in [0, 0.1) is 0 Å². The van der Waals surface area contributed by atoms with Gasteiger partial charge < -0.3 is 5.32 Å². The van der Waals surface area contributed by atoms with Crippen LogP contribution in [0.5, 0.6) is 0 Å². The van der Waals surface area contributed by atoms with Crippen LogP contribution in [0.2, 0.25) is 10.0 Å². The molecule has 0 aromatic heterocycles. The lowest BCUT2D eigenvalue weighted by atomic mass is 10.1. The van der Waals surface area contributed by atoms with Crippen molar-refractivity contribution in [3.05, 3.63) is 64.1 Å². The highest BCUT2D eigenvalue weighted by Crippen LogP contribution is 2.24. The predicted molar refractivity (Wildman–Crippen MR) is 111 cm³/mol. The number of nitrogens with zero attached hydrogens (tertiary/aromatic N) is 1. The van der Waals surface area contributed by atoms with Gasteiger partial charge in [0.25, 0.3) is 0 Å². The number of anilines is 1. The third kappa shape index (κ3) is 6.13. The molecule has 1 amide bonds. The van der Waals surface area contributed by atoms with Crippen molar-refractivity contribution in [3.63, 3.8) is 0 Å². The van der Waals surface area contributed by atoms with Crippen LogP contribution in [0.15, 0.2) is 48.5 Å². The Kier molecular flexibility index (Phi) is 7.53. The number of hydrogen-bond acceptors (Lipinski definition) is 3. The number of hydrogen-bond donors (Lipinski definition) is 1. The summed E-state index contributed by atoms with van der Waals surface area (Å²) >= 11 is 12.1. The molecule has 0 aliphatic heterocycles. The molecule has 2 aromatic rings. The summed E-state index contributed by atoms with van der Waals surface area (Å²) in [4.78, 5) is 12.5. The normalized spacial score (nSPS) is 12.4. The highest BCUT2D eigenvalue weighted by Gasteiger charge is 2.29. The predicted octanol–water partition coefficient (Wildman–Crippen LogP) is 3.90. The Balaban J connectivity index is 2.00. The van der Waals surface area contributed by atoms with Crippen molar-refractivity contribution in [3.8, 4) is 0 Å². The van der Waals surface area contributed by atoms with Crippen LogP contribution in [-0.2, 0) is 21.2 Å². The molecule has 1 atom stereocenters. The van der Waals surface area contributed by atoms with Crippen LogP contribution < -0.4 is 9.62 Å². The average Bonchev–Trinajstić information content (AvgIpc) is 2.59. The largest absolute Gasteiger partial charge is 0.354 e. The molecule has 5 nitrogen and oxygen atoms in total.